The van der Waals surface area contributed by atoms with Crippen molar-refractivity contribution in [2.75, 3.05) is 0 Å². The lowest BCUT2D eigenvalue weighted by molar-refractivity contribution is 0.0637. The van der Waals surface area contributed by atoms with Crippen LogP contribution in [0.1, 0.15) is 65.2 Å². The van der Waals surface area contributed by atoms with Crippen molar-refractivity contribution in [2.24, 2.45) is 5.41 Å². The van der Waals surface area contributed by atoms with Crippen LogP contribution in [0.25, 0.3) is 16.3 Å². The standard InChI is InChI=1S/C23H28O/c1-14-13-20(16(3)15(14)2)19-12-11-17-9-7-8-10-18(17)21(19)22(24)23(4,5)6/h7-12,22,24H,13H2,1-6H3. The zero-order chi connectivity index (χ0) is 17.6. The molecule has 0 saturated carbocycles. The van der Waals surface area contributed by atoms with Gasteiger partial charge in [-0.15, -0.1) is 0 Å². The molecule has 3 rings (SSSR count). The van der Waals surface area contributed by atoms with E-state index in [1.54, 1.807) is 0 Å². The second-order valence-corrected chi connectivity index (χ2v) is 8.20. The van der Waals surface area contributed by atoms with Crippen molar-refractivity contribution in [2.45, 2.75) is 54.1 Å². The highest BCUT2D eigenvalue weighted by Crippen LogP contribution is 2.45. The molecule has 1 nitrogen and oxygen atoms in total. The van der Waals surface area contributed by atoms with E-state index in [4.69, 9.17) is 0 Å². The molecular formula is C23H28O. The Hall–Kier alpha value is -1.86. The molecule has 0 heterocycles. The molecule has 1 heteroatoms. The van der Waals surface area contributed by atoms with Gasteiger partial charge in [0.2, 0.25) is 0 Å². The van der Waals surface area contributed by atoms with Crippen LogP contribution in [0.3, 0.4) is 0 Å². The molecule has 0 bridgehead atoms. The van der Waals surface area contributed by atoms with Crippen molar-refractivity contribution >= 4 is 16.3 Å². The number of benzene rings is 2. The van der Waals surface area contributed by atoms with Gasteiger partial charge in [0.25, 0.3) is 0 Å². The molecule has 24 heavy (non-hydrogen) atoms. The van der Waals surface area contributed by atoms with E-state index in [0.29, 0.717) is 0 Å². The first-order valence-corrected chi connectivity index (χ1v) is 8.78. The number of aliphatic hydroxyl groups excluding tert-OH is 1. The van der Waals surface area contributed by atoms with Crippen LogP contribution in [0.5, 0.6) is 0 Å². The topological polar surface area (TPSA) is 20.2 Å². The summed E-state index contributed by atoms with van der Waals surface area (Å²) in [5, 5.41) is 13.5. The number of allylic oxidation sites excluding steroid dienone is 4. The average molecular weight is 320 g/mol. The molecule has 1 aliphatic rings. The fraction of sp³-hybridized carbons (Fsp3) is 0.391. The lowest BCUT2D eigenvalue weighted by Crippen LogP contribution is -2.19. The molecule has 0 radical (unpaired) electrons. The Kier molecular flexibility index (Phi) is 4.17. The number of fused-ring (bicyclic) bond motifs is 1. The summed E-state index contributed by atoms with van der Waals surface area (Å²) in [6, 6.07) is 12.8. The molecule has 1 atom stereocenters. The monoisotopic (exact) mass is 320 g/mol. The maximum absolute atomic E-state index is 11.2. The zero-order valence-corrected chi connectivity index (χ0v) is 15.7. The summed E-state index contributed by atoms with van der Waals surface area (Å²) in [5.74, 6) is 0. The van der Waals surface area contributed by atoms with E-state index in [1.807, 2.05) is 0 Å². The second-order valence-electron chi connectivity index (χ2n) is 8.20. The molecule has 0 aliphatic heterocycles. The highest BCUT2D eigenvalue weighted by atomic mass is 16.3. The predicted molar refractivity (Wildman–Crippen MR) is 104 cm³/mol. The van der Waals surface area contributed by atoms with Crippen LogP contribution in [0.4, 0.5) is 0 Å². The summed E-state index contributed by atoms with van der Waals surface area (Å²) in [5.41, 5.74) is 7.66. The van der Waals surface area contributed by atoms with Crippen LogP contribution in [-0.4, -0.2) is 5.11 Å². The van der Waals surface area contributed by atoms with Gasteiger partial charge in [0.15, 0.2) is 0 Å². The van der Waals surface area contributed by atoms with Gasteiger partial charge in [-0.2, -0.15) is 0 Å². The third kappa shape index (κ3) is 2.71. The van der Waals surface area contributed by atoms with E-state index in [0.717, 1.165) is 12.0 Å². The zero-order valence-electron chi connectivity index (χ0n) is 15.7. The maximum atomic E-state index is 11.2. The summed E-state index contributed by atoms with van der Waals surface area (Å²) in [6.45, 7) is 12.9. The van der Waals surface area contributed by atoms with Crippen molar-refractivity contribution in [3.8, 4) is 0 Å². The smallest absolute Gasteiger partial charge is 0.0850 e. The van der Waals surface area contributed by atoms with Gasteiger partial charge in [-0.3, -0.25) is 0 Å². The molecule has 0 spiro atoms. The molecule has 0 aromatic heterocycles. The average Bonchev–Trinajstić information content (AvgIpc) is 2.79. The molecule has 2 aromatic rings. The normalized spacial score (nSPS) is 17.1. The first-order valence-electron chi connectivity index (χ1n) is 8.78. The van der Waals surface area contributed by atoms with Crippen LogP contribution in [-0.2, 0) is 0 Å². The van der Waals surface area contributed by atoms with E-state index in [2.05, 4.69) is 77.9 Å². The van der Waals surface area contributed by atoms with Gasteiger partial charge in [-0.1, -0.05) is 62.7 Å². The van der Waals surface area contributed by atoms with Gasteiger partial charge in [0, 0.05) is 0 Å². The highest BCUT2D eigenvalue weighted by molar-refractivity contribution is 5.92. The van der Waals surface area contributed by atoms with Crippen LogP contribution < -0.4 is 0 Å². The van der Waals surface area contributed by atoms with Gasteiger partial charge in [-0.25, -0.2) is 0 Å². The molecule has 1 unspecified atom stereocenters. The Morgan fingerprint density at radius 2 is 1.58 bits per heavy atom. The molecule has 0 saturated heterocycles. The number of aliphatic hydroxyl groups is 1. The first kappa shape index (κ1) is 17.0. The van der Waals surface area contributed by atoms with E-state index in [9.17, 15) is 5.11 Å². The van der Waals surface area contributed by atoms with E-state index in [-0.39, 0.29) is 5.41 Å². The summed E-state index contributed by atoms with van der Waals surface area (Å²) in [4.78, 5) is 0. The van der Waals surface area contributed by atoms with Crippen molar-refractivity contribution in [1.29, 1.82) is 0 Å². The Balaban J connectivity index is 2.30. The minimum absolute atomic E-state index is 0.205. The Labute approximate surface area is 145 Å². The minimum atomic E-state index is -0.500. The number of hydrogen-bond donors (Lipinski definition) is 1. The third-order valence-electron chi connectivity index (χ3n) is 5.49. The van der Waals surface area contributed by atoms with E-state index >= 15 is 0 Å². The Morgan fingerprint density at radius 3 is 2.17 bits per heavy atom. The molecule has 0 fully saturated rings. The molecule has 1 N–H and O–H groups in total. The lowest BCUT2D eigenvalue weighted by atomic mass is 9.79. The largest absolute Gasteiger partial charge is 0.388 e. The van der Waals surface area contributed by atoms with Crippen molar-refractivity contribution in [3.63, 3.8) is 0 Å². The van der Waals surface area contributed by atoms with Gasteiger partial charge in [0.1, 0.15) is 0 Å². The highest BCUT2D eigenvalue weighted by Gasteiger charge is 2.30. The fourth-order valence-corrected chi connectivity index (χ4v) is 3.66. The summed E-state index contributed by atoms with van der Waals surface area (Å²) < 4.78 is 0. The molecule has 126 valence electrons. The van der Waals surface area contributed by atoms with Crippen LogP contribution in [0.15, 0.2) is 53.1 Å². The number of rotatable bonds is 2. The van der Waals surface area contributed by atoms with Gasteiger partial charge in [0.05, 0.1) is 6.10 Å². The minimum Gasteiger partial charge on any atom is -0.388 e. The van der Waals surface area contributed by atoms with Crippen molar-refractivity contribution < 1.29 is 5.11 Å². The van der Waals surface area contributed by atoms with E-state index in [1.165, 1.54) is 38.6 Å². The first-order chi connectivity index (χ1) is 11.2. The summed E-state index contributed by atoms with van der Waals surface area (Å²) >= 11 is 0. The lowest BCUT2D eigenvalue weighted by Gasteiger charge is -2.30. The summed E-state index contributed by atoms with van der Waals surface area (Å²) in [6.07, 6.45) is 0.486. The third-order valence-corrected chi connectivity index (χ3v) is 5.49. The Morgan fingerprint density at radius 1 is 0.917 bits per heavy atom. The van der Waals surface area contributed by atoms with Gasteiger partial charge in [-0.05, 0) is 71.2 Å². The molecule has 2 aromatic carbocycles. The Bertz CT molecular complexity index is 859. The van der Waals surface area contributed by atoms with Crippen LogP contribution >= 0.6 is 0 Å². The molecule has 1 aliphatic carbocycles. The van der Waals surface area contributed by atoms with Gasteiger partial charge < -0.3 is 5.11 Å². The van der Waals surface area contributed by atoms with Crippen LogP contribution in [0, 0.1) is 5.41 Å². The SMILES string of the molecule is CC1=C(C)C(C)=C(c2ccc3ccccc3c2C(O)C(C)(C)C)C1. The second kappa shape index (κ2) is 5.89. The van der Waals surface area contributed by atoms with Crippen molar-refractivity contribution in [3.05, 3.63) is 64.2 Å². The number of hydrogen-bond acceptors (Lipinski definition) is 1. The summed E-state index contributed by atoms with van der Waals surface area (Å²) in [7, 11) is 0. The van der Waals surface area contributed by atoms with Gasteiger partial charge >= 0.3 is 0 Å². The fourth-order valence-electron chi connectivity index (χ4n) is 3.66. The molecule has 0 amide bonds. The van der Waals surface area contributed by atoms with E-state index < -0.39 is 6.10 Å². The quantitative estimate of drug-likeness (QED) is 0.675. The maximum Gasteiger partial charge on any atom is 0.0850 e. The van der Waals surface area contributed by atoms with Crippen molar-refractivity contribution in [1.82, 2.24) is 0 Å². The predicted octanol–water partition coefficient (Wildman–Crippen LogP) is 6.43. The molecular weight excluding hydrogens is 292 g/mol. The van der Waals surface area contributed by atoms with Crippen LogP contribution in [0.2, 0.25) is 0 Å².